The highest BCUT2D eigenvalue weighted by Gasteiger charge is 2.22. The topological polar surface area (TPSA) is 25.2 Å². The van der Waals surface area contributed by atoms with Gasteiger partial charge in [0.05, 0.1) is 12.3 Å². The summed E-state index contributed by atoms with van der Waals surface area (Å²) >= 11 is 0. The number of fused-ring (bicyclic) bond motifs is 1. The molecule has 1 atom stereocenters. The minimum atomic E-state index is -0.164. The highest BCUT2D eigenvalue weighted by molar-refractivity contribution is 5.48. The number of benzene rings is 1. The van der Waals surface area contributed by atoms with Gasteiger partial charge in [-0.05, 0) is 43.5 Å². The van der Waals surface area contributed by atoms with Gasteiger partial charge < -0.3 is 9.73 Å². The van der Waals surface area contributed by atoms with Crippen molar-refractivity contribution in [2.45, 2.75) is 32.2 Å². The molecular weight excluding hydrogens is 229 g/mol. The van der Waals surface area contributed by atoms with Crippen LogP contribution in [0.25, 0.3) is 0 Å². The highest BCUT2D eigenvalue weighted by atomic mass is 19.1. The quantitative estimate of drug-likeness (QED) is 0.857. The van der Waals surface area contributed by atoms with E-state index in [1.807, 2.05) is 12.1 Å². The molecule has 3 rings (SSSR count). The standard InChI is InChI=1S/C15H16FNO/c1-10-5-6-11(9-13(10)16)17-14-3-2-4-15-12(14)7-8-18-15/h5-9,14,17H,2-4H2,1H3. The van der Waals surface area contributed by atoms with E-state index < -0.39 is 0 Å². The Balaban J connectivity index is 1.84. The van der Waals surface area contributed by atoms with E-state index in [1.54, 1.807) is 25.3 Å². The van der Waals surface area contributed by atoms with Crippen LogP contribution in [-0.2, 0) is 6.42 Å². The van der Waals surface area contributed by atoms with Crippen molar-refractivity contribution in [3.05, 3.63) is 53.2 Å². The van der Waals surface area contributed by atoms with Gasteiger partial charge in [-0.25, -0.2) is 4.39 Å². The Bertz CT molecular complexity index is 561. The first-order valence-electron chi connectivity index (χ1n) is 6.33. The van der Waals surface area contributed by atoms with Gasteiger partial charge in [-0.15, -0.1) is 0 Å². The summed E-state index contributed by atoms with van der Waals surface area (Å²) < 4.78 is 19.0. The van der Waals surface area contributed by atoms with Gasteiger partial charge in [0.2, 0.25) is 0 Å². The summed E-state index contributed by atoms with van der Waals surface area (Å²) in [4.78, 5) is 0. The second kappa shape index (κ2) is 4.48. The molecule has 1 aliphatic rings. The van der Waals surface area contributed by atoms with Crippen LogP contribution < -0.4 is 5.32 Å². The monoisotopic (exact) mass is 245 g/mol. The Morgan fingerprint density at radius 2 is 2.22 bits per heavy atom. The molecule has 0 saturated heterocycles. The van der Waals surface area contributed by atoms with Crippen LogP contribution in [0.4, 0.5) is 10.1 Å². The zero-order valence-corrected chi connectivity index (χ0v) is 10.4. The Kier molecular flexibility index (Phi) is 2.82. The molecule has 0 radical (unpaired) electrons. The molecule has 18 heavy (non-hydrogen) atoms. The van der Waals surface area contributed by atoms with Gasteiger partial charge in [0.15, 0.2) is 0 Å². The second-order valence-electron chi connectivity index (χ2n) is 4.85. The van der Waals surface area contributed by atoms with Gasteiger partial charge >= 0.3 is 0 Å². The number of hydrogen-bond acceptors (Lipinski definition) is 2. The summed E-state index contributed by atoms with van der Waals surface area (Å²) in [5.41, 5.74) is 2.72. The lowest BCUT2D eigenvalue weighted by Gasteiger charge is -2.23. The third-order valence-electron chi connectivity index (χ3n) is 3.56. The summed E-state index contributed by atoms with van der Waals surface area (Å²) in [5, 5.41) is 3.39. The van der Waals surface area contributed by atoms with Crippen molar-refractivity contribution in [3.8, 4) is 0 Å². The van der Waals surface area contributed by atoms with Gasteiger partial charge in [-0.1, -0.05) is 6.07 Å². The van der Waals surface area contributed by atoms with Crippen molar-refractivity contribution in [1.29, 1.82) is 0 Å². The van der Waals surface area contributed by atoms with E-state index >= 15 is 0 Å². The number of anilines is 1. The minimum Gasteiger partial charge on any atom is -0.469 e. The van der Waals surface area contributed by atoms with Crippen LogP contribution in [-0.4, -0.2) is 0 Å². The number of halogens is 1. The van der Waals surface area contributed by atoms with Crippen LogP contribution in [0.1, 0.15) is 35.8 Å². The van der Waals surface area contributed by atoms with Crippen molar-refractivity contribution >= 4 is 5.69 Å². The normalized spacial score (nSPS) is 18.4. The van der Waals surface area contributed by atoms with Crippen LogP contribution in [0.2, 0.25) is 0 Å². The molecule has 0 amide bonds. The van der Waals surface area contributed by atoms with Crippen LogP contribution in [0.15, 0.2) is 34.9 Å². The Morgan fingerprint density at radius 3 is 3.06 bits per heavy atom. The maximum atomic E-state index is 13.5. The van der Waals surface area contributed by atoms with Crippen LogP contribution in [0, 0.1) is 12.7 Å². The smallest absolute Gasteiger partial charge is 0.128 e. The fraction of sp³-hybridized carbons (Fsp3) is 0.333. The molecule has 0 fully saturated rings. The lowest BCUT2D eigenvalue weighted by Crippen LogP contribution is -2.16. The van der Waals surface area contributed by atoms with Crippen molar-refractivity contribution in [2.24, 2.45) is 0 Å². The predicted molar refractivity (Wildman–Crippen MR) is 69.1 cm³/mol. The number of hydrogen-bond donors (Lipinski definition) is 1. The van der Waals surface area contributed by atoms with Crippen LogP contribution in [0.5, 0.6) is 0 Å². The van der Waals surface area contributed by atoms with E-state index in [0.29, 0.717) is 5.56 Å². The molecule has 1 heterocycles. The molecular formula is C15H16FNO. The van der Waals surface area contributed by atoms with E-state index in [9.17, 15) is 4.39 Å². The van der Waals surface area contributed by atoms with Crippen LogP contribution in [0.3, 0.4) is 0 Å². The van der Waals surface area contributed by atoms with Crippen molar-refractivity contribution in [2.75, 3.05) is 5.32 Å². The van der Waals surface area contributed by atoms with Crippen molar-refractivity contribution in [3.63, 3.8) is 0 Å². The maximum absolute atomic E-state index is 13.5. The molecule has 94 valence electrons. The summed E-state index contributed by atoms with van der Waals surface area (Å²) in [5.74, 6) is 0.898. The second-order valence-corrected chi connectivity index (χ2v) is 4.85. The average molecular weight is 245 g/mol. The Hall–Kier alpha value is -1.77. The van der Waals surface area contributed by atoms with Gasteiger partial charge in [-0.3, -0.25) is 0 Å². The molecule has 3 heteroatoms. The number of rotatable bonds is 2. The van der Waals surface area contributed by atoms with Gasteiger partial charge in [0.25, 0.3) is 0 Å². The number of nitrogens with one attached hydrogen (secondary N) is 1. The summed E-state index contributed by atoms with van der Waals surface area (Å²) in [6.07, 6.45) is 4.90. The summed E-state index contributed by atoms with van der Waals surface area (Å²) in [6, 6.07) is 7.53. The largest absolute Gasteiger partial charge is 0.469 e. The van der Waals surface area contributed by atoms with Crippen LogP contribution >= 0.6 is 0 Å². The first kappa shape index (κ1) is 11.3. The first-order chi connectivity index (χ1) is 8.74. The fourth-order valence-electron chi connectivity index (χ4n) is 2.52. The molecule has 0 spiro atoms. The molecule has 1 N–H and O–H groups in total. The molecule has 2 aromatic rings. The molecule has 0 bridgehead atoms. The van der Waals surface area contributed by atoms with E-state index in [4.69, 9.17) is 4.42 Å². The summed E-state index contributed by atoms with van der Waals surface area (Å²) in [7, 11) is 0. The van der Waals surface area contributed by atoms with Gasteiger partial charge in [-0.2, -0.15) is 0 Å². The molecule has 1 aromatic carbocycles. The molecule has 1 aromatic heterocycles. The van der Waals surface area contributed by atoms with Gasteiger partial charge in [0, 0.05) is 17.7 Å². The fourth-order valence-corrected chi connectivity index (χ4v) is 2.52. The third-order valence-corrected chi connectivity index (χ3v) is 3.56. The Labute approximate surface area is 106 Å². The summed E-state index contributed by atoms with van der Waals surface area (Å²) in [6.45, 7) is 1.77. The number of aryl methyl sites for hydroxylation is 2. The zero-order chi connectivity index (χ0) is 12.5. The van der Waals surface area contributed by atoms with E-state index in [-0.39, 0.29) is 11.9 Å². The van der Waals surface area contributed by atoms with E-state index in [0.717, 1.165) is 30.7 Å². The lowest BCUT2D eigenvalue weighted by atomic mass is 9.93. The Morgan fingerprint density at radius 1 is 1.33 bits per heavy atom. The number of furan rings is 1. The van der Waals surface area contributed by atoms with Crippen molar-refractivity contribution < 1.29 is 8.81 Å². The maximum Gasteiger partial charge on any atom is 0.128 e. The molecule has 1 aliphatic carbocycles. The third kappa shape index (κ3) is 2.01. The van der Waals surface area contributed by atoms with E-state index in [2.05, 4.69) is 5.32 Å². The average Bonchev–Trinajstić information content (AvgIpc) is 2.83. The predicted octanol–water partition coefficient (Wildman–Crippen LogP) is 4.22. The highest BCUT2D eigenvalue weighted by Crippen LogP contribution is 2.33. The zero-order valence-electron chi connectivity index (χ0n) is 10.4. The molecule has 0 aliphatic heterocycles. The molecule has 0 saturated carbocycles. The molecule has 2 nitrogen and oxygen atoms in total. The lowest BCUT2D eigenvalue weighted by molar-refractivity contribution is 0.461. The molecule has 1 unspecified atom stereocenters. The first-order valence-corrected chi connectivity index (χ1v) is 6.33. The van der Waals surface area contributed by atoms with E-state index in [1.165, 1.54) is 5.56 Å². The minimum absolute atomic E-state index is 0.164. The van der Waals surface area contributed by atoms with Crippen molar-refractivity contribution in [1.82, 2.24) is 0 Å². The van der Waals surface area contributed by atoms with Gasteiger partial charge in [0.1, 0.15) is 11.6 Å². The SMILES string of the molecule is Cc1ccc(NC2CCCc3occc32)cc1F.